The van der Waals surface area contributed by atoms with Crippen LogP contribution in [0, 0.1) is 0 Å². The van der Waals surface area contributed by atoms with E-state index < -0.39 is 12.2 Å². The molecule has 0 spiro atoms. The average Bonchev–Trinajstić information content (AvgIpc) is 2.18. The topological polar surface area (TPSA) is 64.5 Å². The minimum atomic E-state index is -0.777. The molecule has 0 rings (SSSR count). The summed E-state index contributed by atoms with van der Waals surface area (Å²) in [5, 5.41) is 24.7. The van der Waals surface area contributed by atoms with E-state index in [0.717, 1.165) is 0 Å². The van der Waals surface area contributed by atoms with Crippen molar-refractivity contribution in [1.29, 1.82) is 0 Å². The number of aliphatic hydroxyl groups is 2. The summed E-state index contributed by atoms with van der Waals surface area (Å²) in [4.78, 5) is 0. The Hall–Kier alpha value is 0.420. The molecule has 86 valence electrons. The first-order chi connectivity index (χ1) is 6.72. The Kier molecular flexibility index (Phi) is 10.3. The Morgan fingerprint density at radius 3 is 1.50 bits per heavy atom. The molecule has 2 atom stereocenters. The zero-order valence-corrected chi connectivity index (χ0v) is 9.56. The number of halogens is 2. The van der Waals surface area contributed by atoms with Gasteiger partial charge in [-0.15, -0.1) is 23.2 Å². The Morgan fingerprint density at radius 2 is 1.21 bits per heavy atom. The maximum absolute atomic E-state index is 9.42. The summed E-state index contributed by atoms with van der Waals surface area (Å²) in [6.45, 7) is 1.94. The van der Waals surface area contributed by atoms with Crippen LogP contribution in [-0.4, -0.2) is 60.4 Å². The highest BCUT2D eigenvalue weighted by atomic mass is 35.5. The summed E-state index contributed by atoms with van der Waals surface area (Å²) in [7, 11) is 0. The predicted octanol–water partition coefficient (Wildman–Crippen LogP) is -0.635. The lowest BCUT2D eigenvalue weighted by molar-refractivity contribution is 0.0216. The molecule has 14 heavy (non-hydrogen) atoms. The Balaban J connectivity index is 3.39. The van der Waals surface area contributed by atoms with Gasteiger partial charge in [-0.2, -0.15) is 0 Å². The lowest BCUT2D eigenvalue weighted by Crippen LogP contribution is -2.42. The first kappa shape index (κ1) is 14.4. The molecule has 4 nitrogen and oxygen atoms in total. The second-order valence-corrected chi connectivity index (χ2v) is 3.68. The van der Waals surface area contributed by atoms with Crippen LogP contribution in [0.2, 0.25) is 0 Å². The molecule has 0 radical (unpaired) electrons. The van der Waals surface area contributed by atoms with Crippen molar-refractivity contribution in [2.75, 3.05) is 37.9 Å². The van der Waals surface area contributed by atoms with Crippen LogP contribution in [0.5, 0.6) is 0 Å². The highest BCUT2D eigenvalue weighted by molar-refractivity contribution is 6.18. The second-order valence-electron chi connectivity index (χ2n) is 2.92. The number of alkyl halides is 2. The van der Waals surface area contributed by atoms with Gasteiger partial charge in [-0.05, 0) is 0 Å². The minimum Gasteiger partial charge on any atom is -0.389 e. The monoisotopic (exact) mass is 244 g/mol. The van der Waals surface area contributed by atoms with Gasteiger partial charge < -0.3 is 20.8 Å². The van der Waals surface area contributed by atoms with Gasteiger partial charge in [0.2, 0.25) is 0 Å². The third-order valence-corrected chi connectivity index (χ3v) is 2.07. The van der Waals surface area contributed by atoms with Gasteiger partial charge in [0.05, 0.1) is 12.2 Å². The lowest BCUT2D eigenvalue weighted by Gasteiger charge is -2.18. The van der Waals surface area contributed by atoms with Crippen LogP contribution in [0.4, 0.5) is 0 Å². The molecule has 0 aromatic rings. The zero-order valence-electron chi connectivity index (χ0n) is 8.05. The van der Waals surface area contributed by atoms with Crippen LogP contribution in [0.25, 0.3) is 0 Å². The summed E-state index contributed by atoms with van der Waals surface area (Å²) in [5.74, 6) is 0.987. The van der Waals surface area contributed by atoms with Gasteiger partial charge in [0.15, 0.2) is 0 Å². The fraction of sp³-hybridized carbons (Fsp3) is 1.00. The van der Waals surface area contributed by atoms with Gasteiger partial charge in [-0.25, -0.2) is 0 Å². The summed E-state index contributed by atoms with van der Waals surface area (Å²) in [6.07, 6.45) is -1.55. The largest absolute Gasteiger partial charge is 0.389 e. The van der Waals surface area contributed by atoms with E-state index in [1.54, 1.807) is 0 Å². The lowest BCUT2D eigenvalue weighted by atomic mass is 10.2. The van der Waals surface area contributed by atoms with Crippen LogP contribution in [0.3, 0.4) is 0 Å². The quantitative estimate of drug-likeness (QED) is 0.322. The number of rotatable bonds is 9. The van der Waals surface area contributed by atoms with Crippen LogP contribution >= 0.6 is 23.2 Å². The maximum atomic E-state index is 9.42. The van der Waals surface area contributed by atoms with Crippen molar-refractivity contribution in [3.05, 3.63) is 0 Å². The van der Waals surface area contributed by atoms with Crippen molar-refractivity contribution in [2.24, 2.45) is 0 Å². The summed E-state index contributed by atoms with van der Waals surface area (Å²) in [5.41, 5.74) is 0. The van der Waals surface area contributed by atoms with Crippen LogP contribution < -0.4 is 10.6 Å². The van der Waals surface area contributed by atoms with Crippen molar-refractivity contribution in [3.8, 4) is 0 Å². The molecule has 0 heterocycles. The third kappa shape index (κ3) is 7.79. The molecule has 0 aliphatic heterocycles. The minimum absolute atomic E-state index is 0.344. The van der Waals surface area contributed by atoms with Crippen molar-refractivity contribution < 1.29 is 10.2 Å². The van der Waals surface area contributed by atoms with Gasteiger partial charge in [-0.3, -0.25) is 0 Å². The number of aliphatic hydroxyl groups excluding tert-OH is 2. The molecule has 0 fully saturated rings. The fourth-order valence-electron chi connectivity index (χ4n) is 0.906. The molecule has 0 aromatic carbocycles. The number of hydrogen-bond donors (Lipinski definition) is 4. The molecule has 6 heteroatoms. The van der Waals surface area contributed by atoms with Gasteiger partial charge in [0, 0.05) is 37.9 Å². The van der Waals surface area contributed by atoms with Gasteiger partial charge in [0.1, 0.15) is 0 Å². The zero-order chi connectivity index (χ0) is 10.8. The first-order valence-corrected chi connectivity index (χ1v) is 5.68. The van der Waals surface area contributed by atoms with E-state index >= 15 is 0 Å². The highest BCUT2D eigenvalue weighted by Gasteiger charge is 2.14. The van der Waals surface area contributed by atoms with Crippen molar-refractivity contribution >= 4 is 23.2 Å². The molecule has 0 amide bonds. The molecule has 0 bridgehead atoms. The summed E-state index contributed by atoms with van der Waals surface area (Å²) < 4.78 is 0. The van der Waals surface area contributed by atoms with E-state index in [9.17, 15) is 10.2 Å². The second kappa shape index (κ2) is 9.96. The molecule has 0 aliphatic rings. The molecule has 4 N–H and O–H groups in total. The summed E-state index contributed by atoms with van der Waals surface area (Å²) >= 11 is 10.9. The molecular weight excluding hydrogens is 227 g/mol. The molecule has 0 aliphatic carbocycles. The Labute approximate surface area is 94.6 Å². The van der Waals surface area contributed by atoms with Crippen molar-refractivity contribution in [1.82, 2.24) is 10.6 Å². The van der Waals surface area contributed by atoms with Gasteiger partial charge >= 0.3 is 0 Å². The highest BCUT2D eigenvalue weighted by Crippen LogP contribution is 1.90. The van der Waals surface area contributed by atoms with Crippen molar-refractivity contribution in [3.63, 3.8) is 0 Å². The Morgan fingerprint density at radius 1 is 0.857 bits per heavy atom. The molecule has 0 saturated heterocycles. The van der Waals surface area contributed by atoms with Crippen LogP contribution in [-0.2, 0) is 0 Å². The number of hydrogen-bond acceptors (Lipinski definition) is 4. The van der Waals surface area contributed by atoms with E-state index in [-0.39, 0.29) is 0 Å². The molecule has 0 aromatic heterocycles. The standard InChI is InChI=1S/C8H18Cl2N2O2/c9-1-3-11-5-7(13)8(14)6-12-4-2-10/h7-8,11-14H,1-6H2. The van der Waals surface area contributed by atoms with E-state index in [4.69, 9.17) is 23.2 Å². The fourth-order valence-corrected chi connectivity index (χ4v) is 1.17. The van der Waals surface area contributed by atoms with E-state index in [1.165, 1.54) is 0 Å². The van der Waals surface area contributed by atoms with Gasteiger partial charge in [-0.1, -0.05) is 0 Å². The summed E-state index contributed by atoms with van der Waals surface area (Å²) in [6, 6.07) is 0. The third-order valence-electron chi connectivity index (χ3n) is 1.69. The predicted molar refractivity (Wildman–Crippen MR) is 59.2 cm³/mol. The van der Waals surface area contributed by atoms with Gasteiger partial charge in [0.25, 0.3) is 0 Å². The Bertz CT molecular complexity index is 116. The van der Waals surface area contributed by atoms with Crippen molar-refractivity contribution in [2.45, 2.75) is 12.2 Å². The maximum Gasteiger partial charge on any atom is 0.0935 e. The molecule has 0 saturated carbocycles. The molecule has 2 unspecified atom stereocenters. The SMILES string of the molecule is OC(CNCCCl)C(O)CNCCCl. The van der Waals surface area contributed by atoms with E-state index in [0.29, 0.717) is 37.9 Å². The van der Waals surface area contributed by atoms with E-state index in [1.807, 2.05) is 0 Å². The first-order valence-electron chi connectivity index (χ1n) is 4.61. The smallest absolute Gasteiger partial charge is 0.0935 e. The number of nitrogens with one attached hydrogen (secondary N) is 2. The van der Waals surface area contributed by atoms with E-state index in [2.05, 4.69) is 10.6 Å². The average molecular weight is 245 g/mol. The normalized spacial score (nSPS) is 15.4. The molecular formula is C8H18Cl2N2O2. The van der Waals surface area contributed by atoms with Crippen LogP contribution in [0.1, 0.15) is 0 Å². The van der Waals surface area contributed by atoms with Crippen LogP contribution in [0.15, 0.2) is 0 Å².